The third-order valence-corrected chi connectivity index (χ3v) is 5.07. The van der Waals surface area contributed by atoms with Gasteiger partial charge in [0.25, 0.3) is 0 Å². The number of rotatable bonds is 5. The first-order chi connectivity index (χ1) is 12.8. The number of nitrogens with zero attached hydrogens (tertiary/aromatic N) is 2. The summed E-state index contributed by atoms with van der Waals surface area (Å²) in [7, 11) is 3.41. The highest BCUT2D eigenvalue weighted by Crippen LogP contribution is 2.35. The first-order valence-electron chi connectivity index (χ1n) is 8.92. The van der Waals surface area contributed by atoms with Crippen molar-refractivity contribution in [3.8, 4) is 11.5 Å². The number of hydrogen-bond donors (Lipinski definition) is 0. The zero-order chi connectivity index (χ0) is 17.9. The fraction of sp³-hybridized carbons (Fsp3) is 0.333. The van der Waals surface area contributed by atoms with Gasteiger partial charge in [-0.05, 0) is 42.8 Å². The Morgan fingerprint density at radius 2 is 2.04 bits per heavy atom. The summed E-state index contributed by atoms with van der Waals surface area (Å²) in [4.78, 5) is 2.49. The standard InChI is InChI=1S/C21H24N2O3/c1-24-18-6-7-20(25-2)17(13-18)14-23-11-4-10-22-9-3-5-19(22)21(23)16-8-12-26-15-16/h3,5-9,12-13,15,21H,4,10-11,14H2,1-2H3. The minimum absolute atomic E-state index is 0.155. The highest BCUT2D eigenvalue weighted by Gasteiger charge is 2.28. The second kappa shape index (κ2) is 7.30. The summed E-state index contributed by atoms with van der Waals surface area (Å²) in [5.74, 6) is 1.73. The average molecular weight is 352 g/mol. The van der Waals surface area contributed by atoms with E-state index < -0.39 is 0 Å². The highest BCUT2D eigenvalue weighted by atomic mass is 16.5. The second-order valence-corrected chi connectivity index (χ2v) is 6.59. The Morgan fingerprint density at radius 3 is 2.81 bits per heavy atom. The van der Waals surface area contributed by atoms with Gasteiger partial charge in [-0.25, -0.2) is 0 Å². The Bertz CT molecular complexity index is 854. The molecule has 26 heavy (non-hydrogen) atoms. The van der Waals surface area contributed by atoms with E-state index in [1.54, 1.807) is 20.5 Å². The maximum absolute atomic E-state index is 5.59. The van der Waals surface area contributed by atoms with Gasteiger partial charge in [-0.3, -0.25) is 4.90 Å². The number of ether oxygens (including phenoxy) is 2. The Morgan fingerprint density at radius 1 is 1.12 bits per heavy atom. The van der Waals surface area contributed by atoms with Crippen molar-refractivity contribution in [3.05, 3.63) is 71.9 Å². The normalized spacial score (nSPS) is 17.5. The summed E-state index contributed by atoms with van der Waals surface area (Å²) in [6.45, 7) is 2.81. The van der Waals surface area contributed by atoms with E-state index in [1.807, 2.05) is 18.4 Å². The predicted octanol–water partition coefficient (Wildman–Crippen LogP) is 4.09. The van der Waals surface area contributed by atoms with Gasteiger partial charge >= 0.3 is 0 Å². The molecule has 3 heterocycles. The summed E-state index contributed by atoms with van der Waals surface area (Å²) in [5, 5.41) is 0. The molecule has 1 unspecified atom stereocenters. The Hall–Kier alpha value is -2.66. The van der Waals surface area contributed by atoms with Crippen LogP contribution in [0.5, 0.6) is 11.5 Å². The van der Waals surface area contributed by atoms with Gasteiger partial charge in [-0.15, -0.1) is 0 Å². The van der Waals surface area contributed by atoms with Crippen LogP contribution in [0.15, 0.2) is 59.5 Å². The van der Waals surface area contributed by atoms with Crippen molar-refractivity contribution >= 4 is 0 Å². The van der Waals surface area contributed by atoms with Crippen LogP contribution in [-0.4, -0.2) is 30.2 Å². The van der Waals surface area contributed by atoms with Crippen molar-refractivity contribution in [2.24, 2.45) is 0 Å². The molecule has 3 aromatic rings. The van der Waals surface area contributed by atoms with Crippen molar-refractivity contribution in [2.75, 3.05) is 20.8 Å². The molecular formula is C21H24N2O3. The average Bonchev–Trinajstić information content (AvgIpc) is 3.32. The fourth-order valence-electron chi connectivity index (χ4n) is 3.85. The lowest BCUT2D eigenvalue weighted by atomic mass is 10.0. The molecule has 0 fully saturated rings. The van der Waals surface area contributed by atoms with Crippen LogP contribution in [0.25, 0.3) is 0 Å². The fourth-order valence-corrected chi connectivity index (χ4v) is 3.85. The second-order valence-electron chi connectivity index (χ2n) is 6.59. The van der Waals surface area contributed by atoms with Gasteiger partial charge in [0.05, 0.1) is 32.8 Å². The molecule has 1 atom stereocenters. The Kier molecular flexibility index (Phi) is 4.71. The van der Waals surface area contributed by atoms with Crippen molar-refractivity contribution in [3.63, 3.8) is 0 Å². The summed E-state index contributed by atoms with van der Waals surface area (Å²) >= 11 is 0. The monoisotopic (exact) mass is 352 g/mol. The molecule has 1 aliphatic heterocycles. The first kappa shape index (κ1) is 16.8. The molecule has 5 nitrogen and oxygen atoms in total. The molecule has 0 bridgehead atoms. The van der Waals surface area contributed by atoms with E-state index in [4.69, 9.17) is 13.9 Å². The molecule has 0 aliphatic carbocycles. The number of furan rings is 1. The number of methoxy groups -OCH3 is 2. The van der Waals surface area contributed by atoms with Crippen LogP contribution in [0.3, 0.4) is 0 Å². The minimum Gasteiger partial charge on any atom is -0.497 e. The molecule has 136 valence electrons. The molecule has 0 radical (unpaired) electrons. The molecule has 1 aliphatic rings. The van der Waals surface area contributed by atoms with E-state index in [9.17, 15) is 0 Å². The zero-order valence-corrected chi connectivity index (χ0v) is 15.2. The number of hydrogen-bond acceptors (Lipinski definition) is 4. The zero-order valence-electron chi connectivity index (χ0n) is 15.2. The van der Waals surface area contributed by atoms with E-state index in [0.29, 0.717) is 0 Å². The van der Waals surface area contributed by atoms with E-state index in [2.05, 4.69) is 39.9 Å². The number of fused-ring (bicyclic) bond motifs is 1. The van der Waals surface area contributed by atoms with Crippen molar-refractivity contribution in [2.45, 2.75) is 25.6 Å². The van der Waals surface area contributed by atoms with Gasteiger partial charge in [0, 0.05) is 42.7 Å². The molecule has 4 rings (SSSR count). The van der Waals surface area contributed by atoms with Crippen LogP contribution in [0, 0.1) is 0 Å². The van der Waals surface area contributed by atoms with Gasteiger partial charge in [-0.1, -0.05) is 0 Å². The Balaban J connectivity index is 1.73. The molecule has 0 N–H and O–H groups in total. The third-order valence-electron chi connectivity index (χ3n) is 5.07. The van der Waals surface area contributed by atoms with E-state index in [1.165, 1.54) is 11.3 Å². The summed E-state index contributed by atoms with van der Waals surface area (Å²) in [5.41, 5.74) is 3.60. The largest absolute Gasteiger partial charge is 0.497 e. The van der Waals surface area contributed by atoms with Gasteiger partial charge in [0.2, 0.25) is 0 Å². The Labute approximate surface area is 153 Å². The van der Waals surface area contributed by atoms with Crippen LogP contribution >= 0.6 is 0 Å². The van der Waals surface area contributed by atoms with E-state index in [-0.39, 0.29) is 6.04 Å². The van der Waals surface area contributed by atoms with Crippen LogP contribution in [0.4, 0.5) is 0 Å². The number of aromatic nitrogens is 1. The molecule has 0 spiro atoms. The van der Waals surface area contributed by atoms with Crippen LogP contribution in [0.1, 0.15) is 29.3 Å². The topological polar surface area (TPSA) is 39.8 Å². The summed E-state index contributed by atoms with van der Waals surface area (Å²) in [6, 6.07) is 12.5. The minimum atomic E-state index is 0.155. The van der Waals surface area contributed by atoms with Crippen LogP contribution < -0.4 is 9.47 Å². The molecular weight excluding hydrogens is 328 g/mol. The lowest BCUT2D eigenvalue weighted by molar-refractivity contribution is 0.216. The highest BCUT2D eigenvalue weighted by molar-refractivity contribution is 5.40. The lowest BCUT2D eigenvalue weighted by Crippen LogP contribution is -2.29. The predicted molar refractivity (Wildman–Crippen MR) is 99.6 cm³/mol. The SMILES string of the molecule is COc1ccc(OC)c(CN2CCCn3cccc3C2c2ccoc2)c1. The molecule has 5 heteroatoms. The van der Waals surface area contributed by atoms with Crippen molar-refractivity contribution in [1.82, 2.24) is 9.47 Å². The lowest BCUT2D eigenvalue weighted by Gasteiger charge is -2.30. The summed E-state index contributed by atoms with van der Waals surface area (Å²) in [6.07, 6.45) is 6.86. The van der Waals surface area contributed by atoms with Crippen LogP contribution in [0.2, 0.25) is 0 Å². The van der Waals surface area contributed by atoms with Crippen LogP contribution in [-0.2, 0) is 13.1 Å². The van der Waals surface area contributed by atoms with Gasteiger partial charge in [0.1, 0.15) is 11.5 Å². The van der Waals surface area contributed by atoms with Crippen molar-refractivity contribution < 1.29 is 13.9 Å². The number of aryl methyl sites for hydroxylation is 1. The van der Waals surface area contributed by atoms with Gasteiger partial charge in [0.15, 0.2) is 0 Å². The maximum Gasteiger partial charge on any atom is 0.123 e. The smallest absolute Gasteiger partial charge is 0.123 e. The molecule has 1 aromatic carbocycles. The quantitative estimate of drug-likeness (QED) is 0.693. The van der Waals surface area contributed by atoms with E-state index in [0.717, 1.165) is 43.1 Å². The molecule has 0 saturated carbocycles. The van der Waals surface area contributed by atoms with Gasteiger partial charge in [-0.2, -0.15) is 0 Å². The third kappa shape index (κ3) is 3.10. The molecule has 0 amide bonds. The van der Waals surface area contributed by atoms with E-state index >= 15 is 0 Å². The molecule has 2 aromatic heterocycles. The maximum atomic E-state index is 5.59. The number of benzene rings is 1. The molecule has 0 saturated heterocycles. The van der Waals surface area contributed by atoms with Gasteiger partial charge < -0.3 is 18.5 Å². The summed E-state index contributed by atoms with van der Waals surface area (Å²) < 4.78 is 18.8. The first-order valence-corrected chi connectivity index (χ1v) is 8.92. The van der Waals surface area contributed by atoms with Crippen molar-refractivity contribution in [1.29, 1.82) is 0 Å².